The van der Waals surface area contributed by atoms with E-state index in [9.17, 15) is 9.59 Å². The fourth-order valence-electron chi connectivity index (χ4n) is 0.916. The van der Waals surface area contributed by atoms with Crippen LogP contribution in [0.2, 0.25) is 0 Å². The van der Waals surface area contributed by atoms with Crippen LogP contribution in [0.4, 0.5) is 0 Å². The number of nitrogens with zero attached hydrogens (tertiary/aromatic N) is 1. The number of methoxy groups -OCH3 is 1. The minimum absolute atomic E-state index is 0.0582. The van der Waals surface area contributed by atoms with E-state index in [0.29, 0.717) is 0 Å². The summed E-state index contributed by atoms with van der Waals surface area (Å²) in [5.74, 6) is -1.00. The van der Waals surface area contributed by atoms with E-state index in [-0.39, 0.29) is 12.5 Å². The number of carbonyl (C=O) groups excluding carboxylic acids is 2. The molecular weight excluding hydrogens is 184 g/mol. The summed E-state index contributed by atoms with van der Waals surface area (Å²) in [6.45, 7) is 9.80. The number of rotatable bonds is 4. The molecule has 1 amide bonds. The van der Waals surface area contributed by atoms with Gasteiger partial charge in [0.05, 0.1) is 7.11 Å². The predicted molar refractivity (Wildman–Crippen MR) is 50.3 cm³/mol. The van der Waals surface area contributed by atoms with Crippen LogP contribution in [0.15, 0.2) is 0 Å². The quantitative estimate of drug-likeness (QED) is 0.519. The third-order valence-electron chi connectivity index (χ3n) is 1.66. The van der Waals surface area contributed by atoms with Crippen molar-refractivity contribution in [2.24, 2.45) is 5.92 Å². The second-order valence-corrected chi connectivity index (χ2v) is 3.13. The van der Waals surface area contributed by atoms with E-state index in [1.807, 2.05) is 0 Å². The maximum atomic E-state index is 11.2. The topological polar surface area (TPSA) is 59.8 Å². The van der Waals surface area contributed by atoms with Gasteiger partial charge in [0.1, 0.15) is 6.04 Å². The molecule has 0 bridgehead atoms. The molecule has 0 fully saturated rings. The lowest BCUT2D eigenvalue weighted by Crippen LogP contribution is -2.45. The molecule has 0 radical (unpaired) electrons. The Kier molecular flexibility index (Phi) is 5.30. The lowest BCUT2D eigenvalue weighted by molar-refractivity contribution is -0.146. The van der Waals surface area contributed by atoms with Crippen molar-refractivity contribution in [3.8, 4) is 0 Å². The fourth-order valence-corrected chi connectivity index (χ4v) is 0.916. The number of ether oxygens (including phenoxy) is 1. The summed E-state index contributed by atoms with van der Waals surface area (Å²) in [7, 11) is 1.26. The van der Waals surface area contributed by atoms with Crippen molar-refractivity contribution < 1.29 is 14.3 Å². The zero-order chi connectivity index (χ0) is 11.1. The highest BCUT2D eigenvalue weighted by Gasteiger charge is 2.25. The third-order valence-corrected chi connectivity index (χ3v) is 1.66. The number of hydrogen-bond acceptors (Lipinski definition) is 3. The molecular formula is C9H14N2O3. The zero-order valence-corrected chi connectivity index (χ0v) is 8.53. The lowest BCUT2D eigenvalue weighted by Gasteiger charge is -2.18. The Labute approximate surface area is 83.2 Å². The van der Waals surface area contributed by atoms with Gasteiger partial charge in [-0.3, -0.25) is 4.79 Å². The maximum Gasteiger partial charge on any atom is 0.328 e. The van der Waals surface area contributed by atoms with Gasteiger partial charge in [0.2, 0.25) is 0 Å². The Hall–Kier alpha value is -1.57. The molecule has 0 spiro atoms. The van der Waals surface area contributed by atoms with Crippen LogP contribution in [0.25, 0.3) is 4.85 Å². The first kappa shape index (κ1) is 12.4. The monoisotopic (exact) mass is 198 g/mol. The van der Waals surface area contributed by atoms with Gasteiger partial charge in [0.15, 0.2) is 0 Å². The highest BCUT2D eigenvalue weighted by molar-refractivity contribution is 5.86. The van der Waals surface area contributed by atoms with Crippen LogP contribution in [0.3, 0.4) is 0 Å². The van der Waals surface area contributed by atoms with Gasteiger partial charge >= 0.3 is 11.9 Å². The molecule has 5 heteroatoms. The molecule has 1 N–H and O–H groups in total. The Bertz CT molecular complexity index is 255. The minimum atomic E-state index is -0.672. The number of nitrogens with one attached hydrogen (secondary N) is 1. The molecule has 78 valence electrons. The van der Waals surface area contributed by atoms with Gasteiger partial charge in [-0.1, -0.05) is 13.8 Å². The van der Waals surface area contributed by atoms with Gasteiger partial charge in [-0.25, -0.2) is 11.4 Å². The van der Waals surface area contributed by atoms with Crippen LogP contribution in [-0.4, -0.2) is 31.6 Å². The summed E-state index contributed by atoms with van der Waals surface area (Å²) in [5, 5.41) is 2.44. The van der Waals surface area contributed by atoms with Gasteiger partial charge in [-0.2, -0.15) is 0 Å². The standard InChI is InChI=1S/C9H14N2O3/c1-6(2)8(9(13)14-4)11-7(12)5-10-3/h6,8H,5H2,1-2,4H3,(H,11,12)/t8-/m0/s1. The normalized spacial score (nSPS) is 11.6. The molecule has 0 aliphatic heterocycles. The minimum Gasteiger partial charge on any atom is -0.467 e. The summed E-state index contributed by atoms with van der Waals surface area (Å²) in [5.41, 5.74) is 0. The fraction of sp³-hybridized carbons (Fsp3) is 0.667. The van der Waals surface area contributed by atoms with Crippen molar-refractivity contribution in [3.63, 3.8) is 0 Å². The molecule has 0 saturated heterocycles. The first-order valence-electron chi connectivity index (χ1n) is 4.23. The highest BCUT2D eigenvalue weighted by atomic mass is 16.5. The Morgan fingerprint density at radius 2 is 2.07 bits per heavy atom. The molecule has 0 aliphatic rings. The van der Waals surface area contributed by atoms with Crippen LogP contribution in [0.5, 0.6) is 0 Å². The average Bonchev–Trinajstić information content (AvgIpc) is 2.13. The van der Waals surface area contributed by atoms with Gasteiger partial charge in [-0.05, 0) is 5.92 Å². The van der Waals surface area contributed by atoms with Crippen LogP contribution < -0.4 is 5.32 Å². The van der Waals surface area contributed by atoms with E-state index >= 15 is 0 Å². The van der Waals surface area contributed by atoms with E-state index in [1.54, 1.807) is 13.8 Å². The Morgan fingerprint density at radius 3 is 2.43 bits per heavy atom. The van der Waals surface area contributed by atoms with Crippen molar-refractivity contribution in [1.82, 2.24) is 5.32 Å². The molecule has 0 aromatic rings. The van der Waals surface area contributed by atoms with Crippen LogP contribution in [0.1, 0.15) is 13.8 Å². The summed E-state index contributed by atoms with van der Waals surface area (Å²) < 4.78 is 4.52. The summed E-state index contributed by atoms with van der Waals surface area (Å²) in [6.07, 6.45) is 0. The zero-order valence-electron chi connectivity index (χ0n) is 8.53. The van der Waals surface area contributed by atoms with E-state index in [2.05, 4.69) is 14.9 Å². The van der Waals surface area contributed by atoms with E-state index < -0.39 is 17.9 Å². The van der Waals surface area contributed by atoms with E-state index in [1.165, 1.54) is 7.11 Å². The summed E-state index contributed by atoms with van der Waals surface area (Å²) >= 11 is 0. The molecule has 0 saturated carbocycles. The largest absolute Gasteiger partial charge is 0.467 e. The van der Waals surface area contributed by atoms with Gasteiger partial charge in [0.25, 0.3) is 6.54 Å². The Morgan fingerprint density at radius 1 is 1.50 bits per heavy atom. The van der Waals surface area contributed by atoms with Crippen molar-refractivity contribution >= 4 is 11.9 Å². The maximum absolute atomic E-state index is 11.2. The molecule has 0 aliphatic carbocycles. The third kappa shape index (κ3) is 3.90. The average molecular weight is 198 g/mol. The number of carbonyl (C=O) groups is 2. The first-order chi connectivity index (χ1) is 6.52. The lowest BCUT2D eigenvalue weighted by atomic mass is 10.0. The summed E-state index contributed by atoms with van der Waals surface area (Å²) in [4.78, 5) is 25.1. The van der Waals surface area contributed by atoms with Crippen molar-refractivity contribution in [3.05, 3.63) is 11.4 Å². The van der Waals surface area contributed by atoms with E-state index in [4.69, 9.17) is 6.57 Å². The van der Waals surface area contributed by atoms with Gasteiger partial charge < -0.3 is 14.9 Å². The molecule has 0 heterocycles. The number of hydrogen-bond donors (Lipinski definition) is 1. The number of amides is 1. The molecule has 0 rings (SSSR count). The molecule has 0 aromatic heterocycles. The van der Waals surface area contributed by atoms with Crippen molar-refractivity contribution in [2.45, 2.75) is 19.9 Å². The highest BCUT2D eigenvalue weighted by Crippen LogP contribution is 2.03. The van der Waals surface area contributed by atoms with Crippen molar-refractivity contribution in [2.75, 3.05) is 13.7 Å². The van der Waals surface area contributed by atoms with Gasteiger partial charge in [0, 0.05) is 0 Å². The smallest absolute Gasteiger partial charge is 0.328 e. The predicted octanol–water partition coefficient (Wildman–Crippen LogP) is 0.219. The molecule has 5 nitrogen and oxygen atoms in total. The molecule has 0 aromatic carbocycles. The van der Waals surface area contributed by atoms with E-state index in [0.717, 1.165) is 0 Å². The number of esters is 1. The molecule has 14 heavy (non-hydrogen) atoms. The van der Waals surface area contributed by atoms with Crippen LogP contribution >= 0.6 is 0 Å². The summed E-state index contributed by atoms with van der Waals surface area (Å²) in [6, 6.07) is -0.672. The SMILES string of the molecule is [C-]#[N+]CC(=O)N[C@H](C(=O)OC)C(C)C. The van der Waals surface area contributed by atoms with Crippen LogP contribution in [-0.2, 0) is 14.3 Å². The molecule has 0 unspecified atom stereocenters. The van der Waals surface area contributed by atoms with Crippen molar-refractivity contribution in [1.29, 1.82) is 0 Å². The second-order valence-electron chi connectivity index (χ2n) is 3.13. The first-order valence-corrected chi connectivity index (χ1v) is 4.23. The Balaban J connectivity index is 4.32. The van der Waals surface area contributed by atoms with Crippen LogP contribution in [0, 0.1) is 12.5 Å². The second kappa shape index (κ2) is 5.97. The molecule has 1 atom stereocenters. The van der Waals surface area contributed by atoms with Gasteiger partial charge in [-0.15, -0.1) is 0 Å².